The van der Waals surface area contributed by atoms with E-state index >= 15 is 0 Å². The third kappa shape index (κ3) is 4.53. The SMILES string of the molecule is CCC(C(=O)NCc1ccc2c(c1)N(C(=O)c1cccc(C)c1)CC2)c1ccccc1. The summed E-state index contributed by atoms with van der Waals surface area (Å²) >= 11 is 0. The highest BCUT2D eigenvalue weighted by Gasteiger charge is 2.26. The lowest BCUT2D eigenvalue weighted by molar-refractivity contribution is -0.122. The van der Waals surface area contributed by atoms with Crippen molar-refractivity contribution in [2.75, 3.05) is 11.4 Å². The average Bonchev–Trinajstić information content (AvgIpc) is 3.21. The molecular weight excluding hydrogens is 384 g/mol. The highest BCUT2D eigenvalue weighted by Crippen LogP contribution is 2.30. The Morgan fingerprint density at radius 3 is 2.55 bits per heavy atom. The molecule has 4 rings (SSSR count). The number of carbonyl (C=O) groups excluding carboxylic acids is 2. The molecule has 0 aliphatic carbocycles. The van der Waals surface area contributed by atoms with Gasteiger partial charge in [0.2, 0.25) is 5.91 Å². The maximum absolute atomic E-state index is 13.1. The molecule has 1 aliphatic rings. The van der Waals surface area contributed by atoms with Crippen LogP contribution in [0.4, 0.5) is 5.69 Å². The first kappa shape index (κ1) is 20.9. The number of anilines is 1. The molecule has 2 amide bonds. The number of hydrogen-bond donors (Lipinski definition) is 1. The summed E-state index contributed by atoms with van der Waals surface area (Å²) in [5.41, 5.74) is 5.94. The summed E-state index contributed by atoms with van der Waals surface area (Å²) < 4.78 is 0. The van der Waals surface area contributed by atoms with Crippen molar-refractivity contribution >= 4 is 17.5 Å². The van der Waals surface area contributed by atoms with Gasteiger partial charge in [0.1, 0.15) is 0 Å². The lowest BCUT2D eigenvalue weighted by Gasteiger charge is -2.19. The summed E-state index contributed by atoms with van der Waals surface area (Å²) in [4.78, 5) is 27.7. The molecule has 1 heterocycles. The van der Waals surface area contributed by atoms with E-state index in [1.807, 2.05) is 85.5 Å². The van der Waals surface area contributed by atoms with Gasteiger partial charge in [-0.25, -0.2) is 0 Å². The molecule has 1 aliphatic heterocycles. The van der Waals surface area contributed by atoms with Gasteiger partial charge in [0.15, 0.2) is 0 Å². The largest absolute Gasteiger partial charge is 0.351 e. The monoisotopic (exact) mass is 412 g/mol. The number of fused-ring (bicyclic) bond motifs is 1. The molecule has 158 valence electrons. The number of amides is 2. The third-order valence-corrected chi connectivity index (χ3v) is 5.95. The zero-order valence-electron chi connectivity index (χ0n) is 18.1. The van der Waals surface area contributed by atoms with E-state index in [-0.39, 0.29) is 17.7 Å². The smallest absolute Gasteiger partial charge is 0.258 e. The van der Waals surface area contributed by atoms with Crippen molar-refractivity contribution in [2.24, 2.45) is 0 Å². The molecule has 4 heteroatoms. The minimum Gasteiger partial charge on any atom is -0.351 e. The zero-order valence-corrected chi connectivity index (χ0v) is 18.1. The molecule has 0 radical (unpaired) electrons. The third-order valence-electron chi connectivity index (χ3n) is 5.95. The number of nitrogens with zero attached hydrogens (tertiary/aromatic N) is 1. The van der Waals surface area contributed by atoms with Gasteiger partial charge in [0.05, 0.1) is 5.92 Å². The molecule has 3 aromatic carbocycles. The first-order chi connectivity index (χ1) is 15.1. The van der Waals surface area contributed by atoms with Gasteiger partial charge >= 0.3 is 0 Å². The van der Waals surface area contributed by atoms with Crippen molar-refractivity contribution in [1.29, 1.82) is 0 Å². The summed E-state index contributed by atoms with van der Waals surface area (Å²) in [5, 5.41) is 3.08. The van der Waals surface area contributed by atoms with Crippen molar-refractivity contribution in [3.05, 3.63) is 101 Å². The lowest BCUT2D eigenvalue weighted by Crippen LogP contribution is -2.30. The Hall–Kier alpha value is -3.40. The maximum atomic E-state index is 13.1. The minimum absolute atomic E-state index is 0.0266. The fourth-order valence-corrected chi connectivity index (χ4v) is 4.25. The van der Waals surface area contributed by atoms with Crippen molar-refractivity contribution in [3.8, 4) is 0 Å². The van der Waals surface area contributed by atoms with Crippen LogP contribution >= 0.6 is 0 Å². The Bertz CT molecular complexity index is 1090. The van der Waals surface area contributed by atoms with E-state index in [2.05, 4.69) is 11.4 Å². The van der Waals surface area contributed by atoms with Gasteiger partial charge in [0.25, 0.3) is 5.91 Å². The van der Waals surface area contributed by atoms with Gasteiger partial charge in [-0.3, -0.25) is 9.59 Å². The Morgan fingerprint density at radius 1 is 1.00 bits per heavy atom. The van der Waals surface area contributed by atoms with Gasteiger partial charge in [-0.2, -0.15) is 0 Å². The van der Waals surface area contributed by atoms with E-state index < -0.39 is 0 Å². The Balaban J connectivity index is 1.47. The maximum Gasteiger partial charge on any atom is 0.258 e. The molecule has 4 nitrogen and oxygen atoms in total. The molecule has 31 heavy (non-hydrogen) atoms. The van der Waals surface area contributed by atoms with Crippen LogP contribution in [0.3, 0.4) is 0 Å². The molecule has 0 saturated carbocycles. The number of benzene rings is 3. The predicted octanol–water partition coefficient (Wildman–Crippen LogP) is 5.01. The van der Waals surface area contributed by atoms with Crippen LogP contribution in [0, 0.1) is 6.92 Å². The lowest BCUT2D eigenvalue weighted by atomic mass is 9.95. The normalized spacial score (nSPS) is 13.5. The second-order valence-electron chi connectivity index (χ2n) is 8.13. The molecule has 0 aromatic heterocycles. The first-order valence-electron chi connectivity index (χ1n) is 10.9. The summed E-state index contributed by atoms with van der Waals surface area (Å²) in [6.07, 6.45) is 1.60. The number of aryl methyl sites for hydroxylation is 1. The molecule has 0 spiro atoms. The highest BCUT2D eigenvalue weighted by molar-refractivity contribution is 6.07. The summed E-state index contributed by atoms with van der Waals surface area (Å²) in [7, 11) is 0. The fourth-order valence-electron chi connectivity index (χ4n) is 4.25. The van der Waals surface area contributed by atoms with Gasteiger partial charge in [-0.15, -0.1) is 0 Å². The van der Waals surface area contributed by atoms with E-state index in [0.717, 1.165) is 35.2 Å². The van der Waals surface area contributed by atoms with E-state index in [0.29, 0.717) is 18.7 Å². The molecule has 3 aromatic rings. The summed E-state index contributed by atoms with van der Waals surface area (Å²) in [6, 6.07) is 23.8. The quantitative estimate of drug-likeness (QED) is 0.619. The van der Waals surface area contributed by atoms with Crippen LogP contribution in [0.25, 0.3) is 0 Å². The van der Waals surface area contributed by atoms with Crippen LogP contribution < -0.4 is 10.2 Å². The summed E-state index contributed by atoms with van der Waals surface area (Å²) in [5.74, 6) is -0.101. The van der Waals surface area contributed by atoms with Crippen molar-refractivity contribution in [1.82, 2.24) is 5.32 Å². The van der Waals surface area contributed by atoms with Crippen molar-refractivity contribution < 1.29 is 9.59 Å². The van der Waals surface area contributed by atoms with Gasteiger partial charge in [0, 0.05) is 24.3 Å². The minimum atomic E-state index is -0.157. The van der Waals surface area contributed by atoms with Crippen molar-refractivity contribution in [2.45, 2.75) is 39.2 Å². The topological polar surface area (TPSA) is 49.4 Å². The average molecular weight is 413 g/mol. The van der Waals surface area contributed by atoms with Gasteiger partial charge < -0.3 is 10.2 Å². The van der Waals surface area contributed by atoms with Crippen LogP contribution in [0.1, 0.15) is 51.9 Å². The van der Waals surface area contributed by atoms with E-state index in [1.54, 1.807) is 0 Å². The molecular formula is C27H28N2O2. The second kappa shape index (κ2) is 9.17. The van der Waals surface area contributed by atoms with Crippen molar-refractivity contribution in [3.63, 3.8) is 0 Å². The summed E-state index contributed by atoms with van der Waals surface area (Å²) in [6.45, 7) is 5.15. The zero-order chi connectivity index (χ0) is 21.8. The fraction of sp³-hybridized carbons (Fsp3) is 0.259. The Morgan fingerprint density at radius 2 is 1.81 bits per heavy atom. The second-order valence-corrected chi connectivity index (χ2v) is 8.13. The van der Waals surface area contributed by atoms with Crippen LogP contribution in [-0.4, -0.2) is 18.4 Å². The van der Waals surface area contributed by atoms with Crippen LogP contribution in [0.5, 0.6) is 0 Å². The molecule has 1 atom stereocenters. The number of rotatable bonds is 6. The van der Waals surface area contributed by atoms with Crippen LogP contribution in [0.15, 0.2) is 72.8 Å². The Labute approximate surface area is 183 Å². The molecule has 0 bridgehead atoms. The van der Waals surface area contributed by atoms with Gasteiger partial charge in [-0.05, 0) is 54.7 Å². The first-order valence-corrected chi connectivity index (χ1v) is 10.9. The predicted molar refractivity (Wildman–Crippen MR) is 124 cm³/mol. The highest BCUT2D eigenvalue weighted by atomic mass is 16.2. The van der Waals surface area contributed by atoms with E-state index in [4.69, 9.17) is 0 Å². The van der Waals surface area contributed by atoms with E-state index in [1.165, 1.54) is 5.56 Å². The number of nitrogens with one attached hydrogen (secondary N) is 1. The van der Waals surface area contributed by atoms with E-state index in [9.17, 15) is 9.59 Å². The Kier molecular flexibility index (Phi) is 6.17. The van der Waals surface area contributed by atoms with Crippen LogP contribution in [0.2, 0.25) is 0 Å². The molecule has 1 unspecified atom stereocenters. The van der Waals surface area contributed by atoms with Crippen LogP contribution in [-0.2, 0) is 17.8 Å². The molecule has 1 N–H and O–H groups in total. The molecule has 0 fully saturated rings. The molecule has 0 saturated heterocycles. The number of carbonyl (C=O) groups is 2. The van der Waals surface area contributed by atoms with Gasteiger partial charge in [-0.1, -0.05) is 67.1 Å². The standard InChI is InChI=1S/C27H28N2O2/c1-3-24(21-9-5-4-6-10-21)26(30)28-18-20-12-13-22-14-15-29(25(22)17-20)27(31)23-11-7-8-19(2)16-23/h4-13,16-17,24H,3,14-15,18H2,1-2H3,(H,28,30). The number of hydrogen-bond acceptors (Lipinski definition) is 2.